The number of nitrogens with one attached hydrogen (secondary N) is 1. The van der Waals surface area contributed by atoms with Gasteiger partial charge in [0.25, 0.3) is 0 Å². The minimum Gasteiger partial charge on any atom is -0.494 e. The number of ether oxygens (including phenoxy) is 1. The number of hydrogen-bond donors (Lipinski definition) is 2. The summed E-state index contributed by atoms with van der Waals surface area (Å²) in [6.45, 7) is 5.54. The predicted octanol–water partition coefficient (Wildman–Crippen LogP) is 6.57. The quantitative estimate of drug-likeness (QED) is 0.0968. The zero-order valence-corrected chi connectivity index (χ0v) is 26.2. The molecule has 0 aliphatic carbocycles. The first-order chi connectivity index (χ1) is 18.8. The lowest BCUT2D eigenvalue weighted by Gasteiger charge is -2.19. The van der Waals surface area contributed by atoms with E-state index in [1.807, 2.05) is 45.3 Å². The number of likely N-dealkylation sites (N-methyl/N-ethyl adjacent to an activating group) is 1. The van der Waals surface area contributed by atoms with E-state index in [0.29, 0.717) is 25.8 Å². The average molecular weight is 571 g/mol. The van der Waals surface area contributed by atoms with Gasteiger partial charge in [0.05, 0.1) is 27.3 Å². The van der Waals surface area contributed by atoms with Gasteiger partial charge in [-0.2, -0.15) is 0 Å². The number of unbranched alkanes of at least 4 members (excludes halogenated alkanes) is 11. The fraction of sp³-hybridized carbons (Fsp3) is 0.774. The molecule has 226 valence electrons. The zero-order valence-electron chi connectivity index (χ0n) is 25.3. The fourth-order valence-corrected chi connectivity index (χ4v) is 5.24. The largest absolute Gasteiger partial charge is 0.494 e. The van der Waals surface area contributed by atoms with Gasteiger partial charge in [-0.25, -0.2) is 4.57 Å². The molecule has 1 aromatic rings. The van der Waals surface area contributed by atoms with Crippen molar-refractivity contribution in [3.8, 4) is 5.75 Å². The van der Waals surface area contributed by atoms with Crippen molar-refractivity contribution >= 4 is 13.6 Å². The van der Waals surface area contributed by atoms with Gasteiger partial charge in [0.15, 0.2) is 0 Å². The summed E-state index contributed by atoms with van der Waals surface area (Å²) in [4.78, 5) is 23.2. The van der Waals surface area contributed by atoms with Crippen molar-refractivity contribution in [2.24, 2.45) is 5.92 Å². The van der Waals surface area contributed by atoms with E-state index in [-0.39, 0.29) is 24.9 Å². The van der Waals surface area contributed by atoms with Gasteiger partial charge < -0.3 is 14.5 Å². The van der Waals surface area contributed by atoms with Crippen molar-refractivity contribution in [3.05, 3.63) is 29.8 Å². The van der Waals surface area contributed by atoms with Crippen molar-refractivity contribution < 1.29 is 32.9 Å². The first-order valence-corrected chi connectivity index (χ1v) is 16.9. The van der Waals surface area contributed by atoms with Gasteiger partial charge in [-0.1, -0.05) is 96.6 Å². The third-order valence-electron chi connectivity index (χ3n) is 6.95. The van der Waals surface area contributed by atoms with Crippen LogP contribution in [0.5, 0.6) is 5.75 Å². The molecule has 8 heteroatoms. The lowest BCUT2D eigenvalue weighted by atomic mass is 9.94. The van der Waals surface area contributed by atoms with Crippen LogP contribution < -0.4 is 9.64 Å². The molecule has 0 spiro atoms. The molecular formula is C31H57NO6P+. The molecule has 0 heterocycles. The maximum absolute atomic E-state index is 12.2. The van der Waals surface area contributed by atoms with Crippen molar-refractivity contribution in [1.82, 2.24) is 0 Å². The standard InChI is InChI=1S/C31H56NO6P/c1-5-7-8-9-10-11-12-13-14-15-16-17-23-36-31-20-18-28(19-21-31)25-29(26-30(33)6-2)27-38-39(34,35)37-24-22-32(3)4/h18-21,29H,5-17,22-27H2,1-4H3,(H,34,35)/p+1. The first kappa shape index (κ1) is 35.8. The molecule has 0 amide bonds. The minimum absolute atomic E-state index is 0.00838. The van der Waals surface area contributed by atoms with Crippen LogP contribution in [0.2, 0.25) is 0 Å². The van der Waals surface area contributed by atoms with Crippen LogP contribution in [0.15, 0.2) is 24.3 Å². The summed E-state index contributed by atoms with van der Waals surface area (Å²) in [6.07, 6.45) is 17.2. The molecule has 0 saturated carbocycles. The highest BCUT2D eigenvalue weighted by Crippen LogP contribution is 2.43. The highest BCUT2D eigenvalue weighted by atomic mass is 31.2. The molecule has 0 saturated heterocycles. The summed E-state index contributed by atoms with van der Waals surface area (Å²) in [5.41, 5.74) is 1.04. The van der Waals surface area contributed by atoms with Gasteiger partial charge >= 0.3 is 7.82 Å². The first-order valence-electron chi connectivity index (χ1n) is 15.4. The summed E-state index contributed by atoms with van der Waals surface area (Å²) < 4.78 is 28.4. The Morgan fingerprint density at radius 3 is 1.95 bits per heavy atom. The summed E-state index contributed by atoms with van der Waals surface area (Å²) in [5, 5.41) is 0. The van der Waals surface area contributed by atoms with Crippen LogP contribution in [0, 0.1) is 5.92 Å². The number of phosphoric ester groups is 1. The number of benzene rings is 1. The van der Waals surface area contributed by atoms with Gasteiger partial charge in [0.1, 0.15) is 24.7 Å². The Morgan fingerprint density at radius 1 is 0.846 bits per heavy atom. The molecule has 0 aromatic heterocycles. The van der Waals surface area contributed by atoms with Gasteiger partial charge in [0.2, 0.25) is 0 Å². The number of Topliss-reactive ketones (excluding diaryl/α,β-unsaturated/α-hetero) is 1. The molecule has 2 unspecified atom stereocenters. The highest BCUT2D eigenvalue weighted by Gasteiger charge is 2.25. The van der Waals surface area contributed by atoms with Gasteiger partial charge in [-0.3, -0.25) is 13.8 Å². The number of hydrogen-bond acceptors (Lipinski definition) is 5. The van der Waals surface area contributed by atoms with E-state index in [1.165, 1.54) is 70.6 Å². The molecule has 2 N–H and O–H groups in total. The van der Waals surface area contributed by atoms with Crippen LogP contribution in [-0.2, 0) is 24.8 Å². The Morgan fingerprint density at radius 2 is 1.41 bits per heavy atom. The van der Waals surface area contributed by atoms with Gasteiger partial charge in [0, 0.05) is 12.8 Å². The number of rotatable bonds is 26. The van der Waals surface area contributed by atoms with Crippen LogP contribution >= 0.6 is 7.82 Å². The zero-order chi connectivity index (χ0) is 28.8. The summed E-state index contributed by atoms with van der Waals surface area (Å²) in [7, 11) is -0.267. The summed E-state index contributed by atoms with van der Waals surface area (Å²) in [6, 6.07) is 7.91. The molecule has 0 radical (unpaired) electrons. The van der Waals surface area contributed by atoms with Crippen LogP contribution in [-0.4, -0.2) is 51.1 Å². The summed E-state index contributed by atoms with van der Waals surface area (Å²) in [5.74, 6) is 0.750. The molecule has 1 aromatic carbocycles. The van der Waals surface area contributed by atoms with E-state index in [2.05, 4.69) is 6.92 Å². The van der Waals surface area contributed by atoms with E-state index >= 15 is 0 Å². The Hall–Kier alpha value is -1.24. The molecule has 0 fully saturated rings. The third-order valence-corrected chi connectivity index (χ3v) is 7.94. The molecule has 7 nitrogen and oxygen atoms in total. The molecule has 2 atom stereocenters. The second kappa shape index (κ2) is 22.4. The predicted molar refractivity (Wildman–Crippen MR) is 160 cm³/mol. The van der Waals surface area contributed by atoms with E-state index in [1.54, 1.807) is 0 Å². The molecule has 1 rings (SSSR count). The minimum atomic E-state index is -4.15. The number of phosphoric acid groups is 1. The third kappa shape index (κ3) is 20.3. The molecule has 0 aliphatic heterocycles. The van der Waals surface area contributed by atoms with Crippen molar-refractivity contribution in [2.75, 3.05) is 40.5 Å². The molecular weight excluding hydrogens is 513 g/mol. The van der Waals surface area contributed by atoms with Crippen molar-refractivity contribution in [1.29, 1.82) is 0 Å². The number of carbonyl (C=O) groups is 1. The topological polar surface area (TPSA) is 86.5 Å². The molecule has 0 bridgehead atoms. The van der Waals surface area contributed by atoms with Gasteiger partial charge in [-0.15, -0.1) is 0 Å². The van der Waals surface area contributed by atoms with E-state index in [4.69, 9.17) is 13.8 Å². The number of carbonyl (C=O) groups excluding carboxylic acids is 1. The van der Waals surface area contributed by atoms with E-state index < -0.39 is 7.82 Å². The maximum Gasteiger partial charge on any atom is 0.472 e. The van der Waals surface area contributed by atoms with Crippen molar-refractivity contribution in [3.63, 3.8) is 0 Å². The smallest absolute Gasteiger partial charge is 0.472 e. The average Bonchev–Trinajstić information content (AvgIpc) is 2.90. The SMILES string of the molecule is CCCCCCCCCCCCCCOc1ccc(CC(COP(=O)(O)OCC[NH+](C)C)CC(=O)CC)cc1. The van der Waals surface area contributed by atoms with Crippen LogP contribution in [0.3, 0.4) is 0 Å². The Balaban J connectivity index is 2.31. The molecule has 39 heavy (non-hydrogen) atoms. The fourth-order valence-electron chi connectivity index (χ4n) is 4.45. The van der Waals surface area contributed by atoms with Gasteiger partial charge in [-0.05, 0) is 36.5 Å². The number of quaternary nitrogens is 1. The second-order valence-corrected chi connectivity index (χ2v) is 12.6. The van der Waals surface area contributed by atoms with Crippen molar-refractivity contribution in [2.45, 2.75) is 110 Å². The highest BCUT2D eigenvalue weighted by molar-refractivity contribution is 7.47. The van der Waals surface area contributed by atoms with Crippen LogP contribution in [0.25, 0.3) is 0 Å². The normalized spacial score (nSPS) is 13.9. The lowest BCUT2D eigenvalue weighted by molar-refractivity contribution is -0.858. The van der Waals surface area contributed by atoms with E-state index in [0.717, 1.165) is 29.2 Å². The summed E-state index contributed by atoms with van der Waals surface area (Å²) >= 11 is 0. The maximum atomic E-state index is 12.2. The van der Waals surface area contributed by atoms with Crippen LogP contribution in [0.4, 0.5) is 0 Å². The molecule has 0 aliphatic rings. The second-order valence-electron chi connectivity index (χ2n) is 11.1. The Kier molecular flexibility index (Phi) is 20.6. The van der Waals surface area contributed by atoms with E-state index in [9.17, 15) is 14.3 Å². The Bertz CT molecular complexity index is 786. The van der Waals surface area contributed by atoms with Crippen LogP contribution in [0.1, 0.15) is 109 Å². The lowest BCUT2D eigenvalue weighted by Crippen LogP contribution is -3.06. The Labute approximate surface area is 238 Å². The monoisotopic (exact) mass is 570 g/mol. The number of ketones is 1.